The van der Waals surface area contributed by atoms with Crippen LogP contribution in [-0.2, 0) is 9.47 Å². The maximum absolute atomic E-state index is 12.6. The Kier molecular flexibility index (Phi) is 6.06. The second-order valence-corrected chi connectivity index (χ2v) is 8.07. The van der Waals surface area contributed by atoms with Gasteiger partial charge in [0.1, 0.15) is 0 Å². The van der Waals surface area contributed by atoms with E-state index in [4.69, 9.17) is 18.9 Å². The molecule has 0 aromatic heterocycles. The third-order valence-electron chi connectivity index (χ3n) is 4.16. The van der Waals surface area contributed by atoms with Gasteiger partial charge in [0.05, 0.1) is 11.1 Å². The Morgan fingerprint density at radius 2 is 1.00 bits per heavy atom. The molecule has 0 saturated carbocycles. The highest BCUT2D eigenvalue weighted by molar-refractivity contribution is 9.10. The Morgan fingerprint density at radius 3 is 1.37 bits per heavy atom. The van der Waals surface area contributed by atoms with Gasteiger partial charge in [-0.2, -0.15) is 0 Å². The predicted molar refractivity (Wildman–Crippen MR) is 114 cm³/mol. The lowest BCUT2D eigenvalue weighted by Crippen LogP contribution is -2.45. The summed E-state index contributed by atoms with van der Waals surface area (Å²) >= 11 is 6.63. The Labute approximate surface area is 189 Å². The minimum atomic E-state index is -1.28. The average molecular weight is 534 g/mol. The zero-order valence-corrected chi connectivity index (χ0v) is 18.5. The van der Waals surface area contributed by atoms with Crippen LogP contribution in [0.4, 0.5) is 0 Å². The molecule has 1 aliphatic rings. The maximum Gasteiger partial charge on any atom is 0.341 e. The maximum atomic E-state index is 12.6. The average Bonchev–Trinajstić information content (AvgIpc) is 2.75. The summed E-state index contributed by atoms with van der Waals surface area (Å²) < 4.78 is 24.1. The SMILES string of the molecule is O=C(O[C@H]1Oc2ccccc2O[C@@H]1OC(=O)c1ccc(Br)cc1)c1ccc(Br)cc1. The molecular weight excluding hydrogens is 520 g/mol. The standard InChI is InChI=1S/C22H14Br2O6/c23-15-9-5-13(6-10-15)19(25)29-21-22(28-18-4-2-1-3-17(18)27-21)30-20(26)14-7-11-16(24)12-8-14/h1-12,21-22H/t21-,22-/m1/s1. The third kappa shape index (κ3) is 4.66. The van der Waals surface area contributed by atoms with Crippen LogP contribution >= 0.6 is 31.9 Å². The summed E-state index contributed by atoms with van der Waals surface area (Å²) in [5, 5.41) is 0. The zero-order chi connectivity index (χ0) is 21.1. The summed E-state index contributed by atoms with van der Waals surface area (Å²) in [5.41, 5.74) is 0.636. The highest BCUT2D eigenvalue weighted by atomic mass is 79.9. The Balaban J connectivity index is 1.55. The van der Waals surface area contributed by atoms with Crippen molar-refractivity contribution in [1.29, 1.82) is 0 Å². The number of para-hydroxylation sites is 2. The molecule has 0 unspecified atom stereocenters. The first-order chi connectivity index (χ1) is 14.5. The summed E-state index contributed by atoms with van der Waals surface area (Å²) in [6, 6.07) is 20.1. The molecule has 0 spiro atoms. The van der Waals surface area contributed by atoms with Crippen LogP contribution in [0.5, 0.6) is 11.5 Å². The van der Waals surface area contributed by atoms with Gasteiger partial charge < -0.3 is 18.9 Å². The monoisotopic (exact) mass is 532 g/mol. The summed E-state index contributed by atoms with van der Waals surface area (Å²) in [7, 11) is 0. The van der Waals surface area contributed by atoms with E-state index in [1.54, 1.807) is 72.8 Å². The van der Waals surface area contributed by atoms with E-state index in [0.717, 1.165) is 8.95 Å². The lowest BCUT2D eigenvalue weighted by atomic mass is 10.2. The van der Waals surface area contributed by atoms with E-state index < -0.39 is 24.5 Å². The molecular formula is C22H14Br2O6. The van der Waals surface area contributed by atoms with Crippen molar-refractivity contribution < 1.29 is 28.5 Å². The predicted octanol–water partition coefficient (Wildman–Crippen LogP) is 5.35. The van der Waals surface area contributed by atoms with Gasteiger partial charge in [0, 0.05) is 8.95 Å². The molecule has 3 aromatic rings. The van der Waals surface area contributed by atoms with E-state index in [9.17, 15) is 9.59 Å². The van der Waals surface area contributed by atoms with Gasteiger partial charge in [-0.05, 0) is 60.7 Å². The Hall–Kier alpha value is -2.84. The molecule has 4 rings (SSSR count). The van der Waals surface area contributed by atoms with Crippen LogP contribution in [0, 0.1) is 0 Å². The minimum Gasteiger partial charge on any atom is -0.444 e. The number of benzene rings is 3. The van der Waals surface area contributed by atoms with Crippen LogP contribution in [0.3, 0.4) is 0 Å². The van der Waals surface area contributed by atoms with Gasteiger partial charge in [0.2, 0.25) is 0 Å². The number of rotatable bonds is 4. The molecule has 1 heterocycles. The quantitative estimate of drug-likeness (QED) is 0.421. The molecule has 0 fully saturated rings. The molecule has 0 N–H and O–H groups in total. The Bertz CT molecular complexity index is 979. The number of carbonyl (C=O) groups excluding carboxylic acids is 2. The third-order valence-corrected chi connectivity index (χ3v) is 5.22. The topological polar surface area (TPSA) is 71.1 Å². The van der Waals surface area contributed by atoms with E-state index >= 15 is 0 Å². The molecule has 8 heteroatoms. The van der Waals surface area contributed by atoms with Crippen molar-refractivity contribution in [2.75, 3.05) is 0 Å². The number of hydrogen-bond donors (Lipinski definition) is 0. The van der Waals surface area contributed by atoms with Crippen molar-refractivity contribution in [1.82, 2.24) is 0 Å². The fraction of sp³-hybridized carbons (Fsp3) is 0.0909. The van der Waals surface area contributed by atoms with Crippen LogP contribution in [-0.4, -0.2) is 24.5 Å². The first-order valence-electron chi connectivity index (χ1n) is 8.85. The largest absolute Gasteiger partial charge is 0.444 e. The normalized spacial score (nSPS) is 17.1. The van der Waals surface area contributed by atoms with Gasteiger partial charge in [-0.15, -0.1) is 0 Å². The molecule has 2 atom stereocenters. The lowest BCUT2D eigenvalue weighted by molar-refractivity contribution is -0.200. The molecule has 30 heavy (non-hydrogen) atoms. The summed E-state index contributed by atoms with van der Waals surface area (Å²) in [5.74, 6) is -0.524. The second kappa shape index (κ2) is 8.89. The fourth-order valence-electron chi connectivity index (χ4n) is 2.68. The molecule has 152 valence electrons. The zero-order valence-electron chi connectivity index (χ0n) is 15.3. The molecule has 0 amide bonds. The van der Waals surface area contributed by atoms with Crippen molar-refractivity contribution in [2.24, 2.45) is 0 Å². The van der Waals surface area contributed by atoms with Crippen molar-refractivity contribution in [3.8, 4) is 11.5 Å². The van der Waals surface area contributed by atoms with E-state index in [1.165, 1.54) is 0 Å². The molecule has 1 aliphatic heterocycles. The summed E-state index contributed by atoms with van der Waals surface area (Å²) in [6.45, 7) is 0. The van der Waals surface area contributed by atoms with Gasteiger partial charge >= 0.3 is 24.5 Å². The lowest BCUT2D eigenvalue weighted by Gasteiger charge is -2.32. The van der Waals surface area contributed by atoms with E-state index in [0.29, 0.717) is 22.6 Å². The number of halogens is 2. The van der Waals surface area contributed by atoms with Crippen LogP contribution in [0.15, 0.2) is 81.7 Å². The van der Waals surface area contributed by atoms with E-state index in [1.807, 2.05) is 0 Å². The van der Waals surface area contributed by atoms with Gasteiger partial charge in [-0.3, -0.25) is 0 Å². The van der Waals surface area contributed by atoms with E-state index in [2.05, 4.69) is 31.9 Å². The number of fused-ring (bicyclic) bond motifs is 1. The molecule has 0 bridgehead atoms. The van der Waals surface area contributed by atoms with E-state index in [-0.39, 0.29) is 0 Å². The first kappa shape index (κ1) is 20.4. The van der Waals surface area contributed by atoms with Crippen LogP contribution in [0.2, 0.25) is 0 Å². The number of ether oxygens (including phenoxy) is 4. The fourth-order valence-corrected chi connectivity index (χ4v) is 3.21. The number of hydrogen-bond acceptors (Lipinski definition) is 6. The van der Waals surface area contributed by atoms with Crippen LogP contribution in [0.25, 0.3) is 0 Å². The highest BCUT2D eigenvalue weighted by Gasteiger charge is 2.38. The van der Waals surface area contributed by atoms with Crippen molar-refractivity contribution in [3.05, 3.63) is 92.9 Å². The van der Waals surface area contributed by atoms with Gasteiger partial charge in [0.25, 0.3) is 0 Å². The minimum absolute atomic E-state index is 0.318. The van der Waals surface area contributed by atoms with Gasteiger partial charge in [-0.25, -0.2) is 9.59 Å². The smallest absolute Gasteiger partial charge is 0.341 e. The van der Waals surface area contributed by atoms with Crippen LogP contribution in [0.1, 0.15) is 20.7 Å². The van der Waals surface area contributed by atoms with Gasteiger partial charge in [0.15, 0.2) is 11.5 Å². The van der Waals surface area contributed by atoms with Gasteiger partial charge in [-0.1, -0.05) is 44.0 Å². The molecule has 0 aliphatic carbocycles. The Morgan fingerprint density at radius 1 is 0.633 bits per heavy atom. The van der Waals surface area contributed by atoms with Crippen molar-refractivity contribution >= 4 is 43.8 Å². The molecule has 0 saturated heterocycles. The second-order valence-electron chi connectivity index (χ2n) is 6.24. The summed E-state index contributed by atoms with van der Waals surface area (Å²) in [4.78, 5) is 25.1. The van der Waals surface area contributed by atoms with Crippen molar-refractivity contribution in [2.45, 2.75) is 12.6 Å². The highest BCUT2D eigenvalue weighted by Crippen LogP contribution is 2.34. The van der Waals surface area contributed by atoms with Crippen molar-refractivity contribution in [3.63, 3.8) is 0 Å². The van der Waals surface area contributed by atoms with Crippen LogP contribution < -0.4 is 9.47 Å². The molecule has 3 aromatic carbocycles. The molecule has 6 nitrogen and oxygen atoms in total. The number of carbonyl (C=O) groups is 2. The summed E-state index contributed by atoms with van der Waals surface area (Å²) in [6.07, 6.45) is -2.56. The molecule has 0 radical (unpaired) electrons. The number of esters is 2. The first-order valence-corrected chi connectivity index (χ1v) is 10.4.